The predicted molar refractivity (Wildman–Crippen MR) is 182 cm³/mol. The smallest absolute Gasteiger partial charge is 0.258 e. The van der Waals surface area contributed by atoms with E-state index in [2.05, 4.69) is 66.7 Å². The Morgan fingerprint density at radius 1 is 1.04 bits per heavy atom. The molecule has 4 aromatic rings. The molecule has 3 aliphatic rings. The van der Waals surface area contributed by atoms with Crippen LogP contribution in [0, 0.1) is 18.3 Å². The van der Waals surface area contributed by atoms with Gasteiger partial charge in [-0.25, -0.2) is 4.98 Å². The van der Waals surface area contributed by atoms with Gasteiger partial charge in [-0.1, -0.05) is 6.92 Å². The van der Waals surface area contributed by atoms with E-state index in [4.69, 9.17) is 14.7 Å². The number of pyridine rings is 2. The summed E-state index contributed by atoms with van der Waals surface area (Å²) >= 11 is 3.89. The average Bonchev–Trinajstić information content (AvgIpc) is 3.35. The number of ether oxygens (including phenoxy) is 1. The van der Waals surface area contributed by atoms with Gasteiger partial charge in [0.25, 0.3) is 5.91 Å². The Hall–Kier alpha value is -3.50. The van der Waals surface area contributed by atoms with Crippen molar-refractivity contribution in [3.05, 3.63) is 58.5 Å². The molecule has 0 unspecified atom stereocenters. The molecule has 1 N–H and O–H groups in total. The lowest BCUT2D eigenvalue weighted by atomic mass is 9.71. The van der Waals surface area contributed by atoms with Crippen molar-refractivity contribution in [3.8, 4) is 17.0 Å². The zero-order valence-electron chi connectivity index (χ0n) is 26.5. The first-order chi connectivity index (χ1) is 21.8. The monoisotopic (exact) mass is 671 g/mol. The number of nitrogens with one attached hydrogen (secondary N) is 1. The Kier molecular flexibility index (Phi) is 8.29. The summed E-state index contributed by atoms with van der Waals surface area (Å²) in [6.45, 7) is 10.0. The highest BCUT2D eigenvalue weighted by molar-refractivity contribution is 9.10. The Labute approximate surface area is 273 Å². The van der Waals surface area contributed by atoms with E-state index >= 15 is 0 Å². The molecule has 10 heteroatoms. The lowest BCUT2D eigenvalue weighted by Gasteiger charge is -2.47. The van der Waals surface area contributed by atoms with E-state index < -0.39 is 0 Å². The van der Waals surface area contributed by atoms with Crippen LogP contribution in [0.2, 0.25) is 0 Å². The van der Waals surface area contributed by atoms with Crippen LogP contribution in [0.15, 0.2) is 47.2 Å². The van der Waals surface area contributed by atoms with Crippen LogP contribution < -0.4 is 15.0 Å². The van der Waals surface area contributed by atoms with Crippen molar-refractivity contribution in [2.24, 2.45) is 11.3 Å². The molecule has 3 aliphatic heterocycles. The second-order valence-corrected chi connectivity index (χ2v) is 14.3. The zero-order chi connectivity index (χ0) is 31.1. The van der Waals surface area contributed by atoms with Crippen molar-refractivity contribution in [1.29, 1.82) is 0 Å². The minimum Gasteiger partial charge on any atom is -0.493 e. The fourth-order valence-electron chi connectivity index (χ4n) is 7.30. The maximum Gasteiger partial charge on any atom is 0.258 e. The molecule has 7 rings (SSSR count). The Morgan fingerprint density at radius 3 is 2.62 bits per heavy atom. The summed E-state index contributed by atoms with van der Waals surface area (Å²) in [5, 5.41) is 3.17. The highest BCUT2D eigenvalue weighted by Gasteiger charge is 2.37. The van der Waals surface area contributed by atoms with Crippen molar-refractivity contribution in [2.45, 2.75) is 58.9 Å². The molecular formula is C35H42BrN7O2. The quantitative estimate of drug-likeness (QED) is 0.235. The number of anilines is 2. The number of nitrogens with zero attached hydrogens (tertiary/aromatic N) is 6. The Balaban J connectivity index is 1.23. The normalized spacial score (nSPS) is 20.9. The number of rotatable bonds is 1. The SMILES string of the molecule is Cc1cc2cc(n1)-c1cnccc1OCCC[C@@H](C)Cn1c(nc3cc(Br)c(N4CCC5(CCN(C)CC5)CC4)cc31)NC2=O. The van der Waals surface area contributed by atoms with E-state index in [1.807, 2.05) is 25.1 Å². The van der Waals surface area contributed by atoms with Crippen LogP contribution in [-0.2, 0) is 6.54 Å². The molecule has 1 atom stereocenters. The second kappa shape index (κ2) is 12.4. The summed E-state index contributed by atoms with van der Waals surface area (Å²) in [6, 6.07) is 9.88. The number of piperidine rings is 2. The number of carbonyl (C=O) groups excluding carboxylic acids is 1. The molecule has 3 aromatic heterocycles. The first-order valence-corrected chi connectivity index (χ1v) is 17.1. The van der Waals surface area contributed by atoms with Gasteiger partial charge in [-0.05, 0) is 123 Å². The minimum atomic E-state index is -0.217. The van der Waals surface area contributed by atoms with Gasteiger partial charge in [-0.3, -0.25) is 20.1 Å². The van der Waals surface area contributed by atoms with E-state index in [0.717, 1.165) is 65.0 Å². The number of aromatic nitrogens is 4. The molecule has 0 aliphatic carbocycles. The number of hydrogen-bond acceptors (Lipinski definition) is 7. The van der Waals surface area contributed by atoms with Crippen LogP contribution in [0.3, 0.4) is 0 Å². The van der Waals surface area contributed by atoms with Crippen molar-refractivity contribution in [3.63, 3.8) is 0 Å². The van der Waals surface area contributed by atoms with E-state index in [1.54, 1.807) is 12.4 Å². The summed E-state index contributed by atoms with van der Waals surface area (Å²) in [7, 11) is 2.24. The summed E-state index contributed by atoms with van der Waals surface area (Å²) in [5.41, 5.74) is 6.32. The van der Waals surface area contributed by atoms with Gasteiger partial charge in [0.1, 0.15) is 5.75 Å². The highest BCUT2D eigenvalue weighted by Crippen LogP contribution is 2.43. The highest BCUT2D eigenvalue weighted by atomic mass is 79.9. The van der Waals surface area contributed by atoms with E-state index in [0.29, 0.717) is 35.1 Å². The van der Waals surface area contributed by atoms with Gasteiger partial charge in [-0.2, -0.15) is 0 Å². The van der Waals surface area contributed by atoms with E-state index in [1.165, 1.54) is 44.5 Å². The number of halogens is 1. The number of likely N-dealkylation sites (tertiary alicyclic amines) is 1. The Bertz CT molecular complexity index is 1720. The zero-order valence-corrected chi connectivity index (χ0v) is 28.1. The molecule has 1 spiro atoms. The molecule has 2 fully saturated rings. The van der Waals surface area contributed by atoms with Crippen molar-refractivity contribution in [1.82, 2.24) is 24.4 Å². The summed E-state index contributed by atoms with van der Waals surface area (Å²) in [5.74, 6) is 1.43. The van der Waals surface area contributed by atoms with Crippen LogP contribution in [0.5, 0.6) is 5.75 Å². The lowest BCUT2D eigenvalue weighted by molar-refractivity contribution is 0.0944. The average molecular weight is 673 g/mol. The fraction of sp³-hybridized carbons (Fsp3) is 0.486. The lowest BCUT2D eigenvalue weighted by Crippen LogP contribution is -2.46. The first-order valence-electron chi connectivity index (χ1n) is 16.3. The standard InChI is InChI=1S/C35H42BrN7O2/c1-23-5-4-16-45-32-6-11-37-21-26(32)28-18-25(17-24(2)38-28)33(44)40-34-39-29-19-27(36)30(20-31(29)43(34)22-23)42-14-9-35(10-15-42)7-12-41(3)13-8-35/h6,11,17-21,23H,4-5,7-10,12-16,22H2,1-3H3,(H,39,40,44)/t23-/m1/s1. The van der Waals surface area contributed by atoms with Crippen LogP contribution in [0.4, 0.5) is 11.6 Å². The predicted octanol–water partition coefficient (Wildman–Crippen LogP) is 6.94. The molecule has 6 heterocycles. The number of hydrogen-bond donors (Lipinski definition) is 1. The molecule has 1 amide bonds. The second-order valence-electron chi connectivity index (χ2n) is 13.4. The van der Waals surface area contributed by atoms with Gasteiger partial charge in [0, 0.05) is 47.8 Å². The molecule has 2 saturated heterocycles. The number of benzene rings is 1. The van der Waals surface area contributed by atoms with Crippen LogP contribution in [-0.4, -0.2) is 70.2 Å². The molecule has 0 radical (unpaired) electrons. The summed E-state index contributed by atoms with van der Waals surface area (Å²) in [4.78, 5) is 32.8. The molecule has 45 heavy (non-hydrogen) atoms. The van der Waals surface area contributed by atoms with Crippen LogP contribution in [0.1, 0.15) is 61.5 Å². The number of amides is 1. The van der Waals surface area contributed by atoms with Gasteiger partial charge in [0.15, 0.2) is 0 Å². The van der Waals surface area contributed by atoms with Crippen LogP contribution >= 0.6 is 15.9 Å². The summed E-state index contributed by atoms with van der Waals surface area (Å²) < 4.78 is 9.48. The maximum absolute atomic E-state index is 13.8. The van der Waals surface area contributed by atoms with Crippen molar-refractivity contribution in [2.75, 3.05) is 50.1 Å². The topological polar surface area (TPSA) is 88.4 Å². The number of fused-ring (bicyclic) bond motifs is 7. The fourth-order valence-corrected chi connectivity index (χ4v) is 7.88. The minimum absolute atomic E-state index is 0.217. The maximum atomic E-state index is 13.8. The van der Waals surface area contributed by atoms with Gasteiger partial charge >= 0.3 is 0 Å². The van der Waals surface area contributed by atoms with Crippen LogP contribution in [0.25, 0.3) is 22.3 Å². The molecular weight excluding hydrogens is 630 g/mol. The van der Waals surface area contributed by atoms with Gasteiger partial charge < -0.3 is 19.1 Å². The van der Waals surface area contributed by atoms with Gasteiger partial charge in [-0.15, -0.1) is 0 Å². The third-order valence-electron chi connectivity index (χ3n) is 10.1. The van der Waals surface area contributed by atoms with E-state index in [-0.39, 0.29) is 5.91 Å². The number of imidazole rings is 1. The molecule has 236 valence electrons. The van der Waals surface area contributed by atoms with Gasteiger partial charge in [0.2, 0.25) is 5.95 Å². The van der Waals surface area contributed by atoms with Crippen molar-refractivity contribution >= 4 is 44.5 Å². The Morgan fingerprint density at radius 2 is 1.82 bits per heavy atom. The van der Waals surface area contributed by atoms with E-state index in [9.17, 15) is 4.79 Å². The molecule has 1 aromatic carbocycles. The third kappa shape index (κ3) is 6.19. The summed E-state index contributed by atoms with van der Waals surface area (Å²) in [6.07, 6.45) is 10.4. The van der Waals surface area contributed by atoms with Crippen molar-refractivity contribution < 1.29 is 9.53 Å². The number of carbonyl (C=O) groups is 1. The first kappa shape index (κ1) is 30.2. The molecule has 0 saturated carbocycles. The third-order valence-corrected chi connectivity index (χ3v) is 10.8. The van der Waals surface area contributed by atoms with Gasteiger partial charge in [0.05, 0.1) is 34.6 Å². The number of aryl methyl sites for hydroxylation is 1. The molecule has 2 bridgehead atoms. The molecule has 9 nitrogen and oxygen atoms in total. The largest absolute Gasteiger partial charge is 0.493 e.